The number of aliphatic hydroxyl groups excluding tert-OH is 3. The summed E-state index contributed by atoms with van der Waals surface area (Å²) in [4.78, 5) is 10.3. The molecule has 4 atom stereocenters. The zero-order valence-electron chi connectivity index (χ0n) is 6.12. The molecular formula is C6H10O6. The fourth-order valence-corrected chi connectivity index (χ4v) is 1.06. The molecule has 1 aliphatic rings. The van der Waals surface area contributed by atoms with Crippen molar-refractivity contribution >= 4 is 5.97 Å². The third-order valence-corrected chi connectivity index (χ3v) is 1.69. The van der Waals surface area contributed by atoms with E-state index in [0.29, 0.717) is 0 Å². The van der Waals surface area contributed by atoms with Crippen LogP contribution in [0.15, 0.2) is 0 Å². The predicted octanol–water partition coefficient (Wildman–Crippen LogP) is -2.10. The summed E-state index contributed by atoms with van der Waals surface area (Å²) in [5.41, 5.74) is 0. The average Bonchev–Trinajstić information content (AvgIpc) is 1.96. The van der Waals surface area contributed by atoms with Crippen LogP contribution in [0.3, 0.4) is 0 Å². The molecule has 0 saturated carbocycles. The van der Waals surface area contributed by atoms with E-state index in [-0.39, 0.29) is 6.42 Å². The second-order valence-corrected chi connectivity index (χ2v) is 2.64. The molecule has 1 saturated heterocycles. The lowest BCUT2D eigenvalue weighted by molar-refractivity contribution is -0.236. The second-order valence-electron chi connectivity index (χ2n) is 2.64. The number of aliphatic carboxylic acids is 1. The molecule has 0 unspecified atom stereocenters. The maximum absolute atomic E-state index is 10.3. The van der Waals surface area contributed by atoms with E-state index < -0.39 is 30.6 Å². The van der Waals surface area contributed by atoms with E-state index in [1.807, 2.05) is 0 Å². The first kappa shape index (κ1) is 9.40. The minimum absolute atomic E-state index is 0.176. The van der Waals surface area contributed by atoms with Crippen LogP contribution in [0.4, 0.5) is 0 Å². The van der Waals surface area contributed by atoms with Gasteiger partial charge < -0.3 is 25.2 Å². The number of carbonyl (C=O) groups is 1. The molecule has 0 amide bonds. The van der Waals surface area contributed by atoms with Crippen LogP contribution in [0.1, 0.15) is 6.42 Å². The number of rotatable bonds is 1. The van der Waals surface area contributed by atoms with Gasteiger partial charge >= 0.3 is 5.97 Å². The van der Waals surface area contributed by atoms with Crippen LogP contribution < -0.4 is 0 Å². The summed E-state index contributed by atoms with van der Waals surface area (Å²) in [7, 11) is 0. The monoisotopic (exact) mass is 178 g/mol. The van der Waals surface area contributed by atoms with E-state index in [1.54, 1.807) is 0 Å². The second kappa shape index (κ2) is 3.36. The molecule has 4 N–H and O–H groups in total. The van der Waals surface area contributed by atoms with Crippen LogP contribution in [0, 0.1) is 0 Å². The molecule has 1 heterocycles. The van der Waals surface area contributed by atoms with Crippen molar-refractivity contribution in [3.63, 3.8) is 0 Å². The van der Waals surface area contributed by atoms with Gasteiger partial charge in [0.25, 0.3) is 0 Å². The Hall–Kier alpha value is -0.690. The van der Waals surface area contributed by atoms with Crippen LogP contribution in [0.2, 0.25) is 0 Å². The van der Waals surface area contributed by atoms with Crippen molar-refractivity contribution in [1.82, 2.24) is 0 Å². The Morgan fingerprint density at radius 3 is 2.42 bits per heavy atom. The van der Waals surface area contributed by atoms with Gasteiger partial charge in [0.2, 0.25) is 0 Å². The summed E-state index contributed by atoms with van der Waals surface area (Å²) in [6, 6.07) is 0. The van der Waals surface area contributed by atoms with Crippen LogP contribution >= 0.6 is 0 Å². The Bertz CT molecular complexity index is 181. The highest BCUT2D eigenvalue weighted by atomic mass is 16.6. The molecule has 0 bridgehead atoms. The van der Waals surface area contributed by atoms with Crippen molar-refractivity contribution in [2.75, 3.05) is 0 Å². The van der Waals surface area contributed by atoms with E-state index >= 15 is 0 Å². The highest BCUT2D eigenvalue weighted by Gasteiger charge is 2.40. The predicted molar refractivity (Wildman–Crippen MR) is 35.1 cm³/mol. The SMILES string of the molecule is O=C(O)[C@H]1O[C@@H](O)C[C@@H](O)[C@H]1O. The first-order valence-electron chi connectivity index (χ1n) is 3.45. The number of hydrogen-bond donors (Lipinski definition) is 4. The van der Waals surface area contributed by atoms with Gasteiger partial charge in [0.05, 0.1) is 6.10 Å². The van der Waals surface area contributed by atoms with Crippen molar-refractivity contribution in [3.8, 4) is 0 Å². The van der Waals surface area contributed by atoms with Gasteiger partial charge in [-0.3, -0.25) is 0 Å². The van der Waals surface area contributed by atoms with Crippen molar-refractivity contribution in [2.24, 2.45) is 0 Å². The zero-order chi connectivity index (χ0) is 9.30. The molecule has 6 heteroatoms. The van der Waals surface area contributed by atoms with E-state index in [1.165, 1.54) is 0 Å². The molecule has 12 heavy (non-hydrogen) atoms. The van der Waals surface area contributed by atoms with Gasteiger partial charge in [-0.1, -0.05) is 0 Å². The number of aliphatic hydroxyl groups is 3. The van der Waals surface area contributed by atoms with Crippen molar-refractivity contribution in [2.45, 2.75) is 31.0 Å². The fourth-order valence-electron chi connectivity index (χ4n) is 1.06. The van der Waals surface area contributed by atoms with E-state index in [9.17, 15) is 4.79 Å². The normalized spacial score (nSPS) is 42.6. The summed E-state index contributed by atoms with van der Waals surface area (Å²) < 4.78 is 4.48. The van der Waals surface area contributed by atoms with Crippen molar-refractivity contribution in [3.05, 3.63) is 0 Å². The lowest BCUT2D eigenvalue weighted by atomic mass is 10.0. The van der Waals surface area contributed by atoms with E-state index in [2.05, 4.69) is 4.74 Å². The Labute approximate surface area is 68.0 Å². The van der Waals surface area contributed by atoms with Gasteiger partial charge in [-0.2, -0.15) is 0 Å². The van der Waals surface area contributed by atoms with Gasteiger partial charge in [-0.05, 0) is 0 Å². The first-order chi connectivity index (χ1) is 5.52. The Morgan fingerprint density at radius 1 is 1.33 bits per heavy atom. The highest BCUT2D eigenvalue weighted by Crippen LogP contribution is 2.18. The molecule has 0 aromatic carbocycles. The van der Waals surface area contributed by atoms with E-state index in [4.69, 9.17) is 20.4 Å². The number of carboxylic acid groups (broad SMARTS) is 1. The Morgan fingerprint density at radius 2 is 1.92 bits per heavy atom. The summed E-state index contributed by atoms with van der Waals surface area (Å²) in [5, 5.41) is 35.4. The molecule has 0 aliphatic carbocycles. The maximum atomic E-state index is 10.3. The molecular weight excluding hydrogens is 168 g/mol. The molecule has 70 valence electrons. The number of ether oxygens (including phenoxy) is 1. The van der Waals surface area contributed by atoms with Gasteiger partial charge in [-0.25, -0.2) is 4.79 Å². The maximum Gasteiger partial charge on any atom is 0.335 e. The van der Waals surface area contributed by atoms with Crippen LogP contribution in [-0.4, -0.2) is 51.0 Å². The third kappa shape index (κ3) is 1.72. The van der Waals surface area contributed by atoms with Gasteiger partial charge in [0.15, 0.2) is 12.4 Å². The average molecular weight is 178 g/mol. The molecule has 1 fully saturated rings. The standard InChI is InChI=1S/C6H10O6/c7-2-1-3(8)12-5(4(2)9)6(10)11/h2-5,7-9H,1H2,(H,10,11)/t2-,3-,4-,5+/m1/s1. The number of hydrogen-bond acceptors (Lipinski definition) is 5. The lowest BCUT2D eigenvalue weighted by Crippen LogP contribution is -2.51. The summed E-state index contributed by atoms with van der Waals surface area (Å²) >= 11 is 0. The minimum atomic E-state index is -1.55. The molecule has 0 aromatic heterocycles. The Balaban J connectivity index is 2.66. The van der Waals surface area contributed by atoms with Crippen LogP contribution in [-0.2, 0) is 9.53 Å². The summed E-state index contributed by atoms with van der Waals surface area (Å²) in [6.45, 7) is 0. The zero-order valence-corrected chi connectivity index (χ0v) is 6.12. The molecule has 0 radical (unpaired) electrons. The third-order valence-electron chi connectivity index (χ3n) is 1.69. The summed E-state index contributed by atoms with van der Waals surface area (Å²) in [5.74, 6) is -1.40. The van der Waals surface area contributed by atoms with Crippen molar-refractivity contribution in [1.29, 1.82) is 0 Å². The smallest absolute Gasteiger partial charge is 0.335 e. The number of carboxylic acids is 1. The van der Waals surface area contributed by atoms with E-state index in [0.717, 1.165) is 0 Å². The summed E-state index contributed by atoms with van der Waals surface area (Å²) in [6.07, 6.45) is -5.79. The molecule has 6 nitrogen and oxygen atoms in total. The molecule has 0 aromatic rings. The lowest BCUT2D eigenvalue weighted by Gasteiger charge is -2.32. The van der Waals surface area contributed by atoms with Gasteiger partial charge in [-0.15, -0.1) is 0 Å². The first-order valence-corrected chi connectivity index (χ1v) is 3.45. The molecule has 0 spiro atoms. The Kier molecular flexibility index (Phi) is 2.63. The van der Waals surface area contributed by atoms with Crippen LogP contribution in [0.5, 0.6) is 0 Å². The highest BCUT2D eigenvalue weighted by molar-refractivity contribution is 5.73. The topological polar surface area (TPSA) is 107 Å². The quantitative estimate of drug-likeness (QED) is 0.366. The van der Waals surface area contributed by atoms with Gasteiger partial charge in [0.1, 0.15) is 6.10 Å². The molecule has 1 aliphatic heterocycles. The van der Waals surface area contributed by atoms with Gasteiger partial charge in [0, 0.05) is 6.42 Å². The molecule has 1 rings (SSSR count). The van der Waals surface area contributed by atoms with Crippen molar-refractivity contribution < 1.29 is 30.0 Å². The largest absolute Gasteiger partial charge is 0.479 e. The minimum Gasteiger partial charge on any atom is -0.479 e. The fraction of sp³-hybridized carbons (Fsp3) is 0.833. The van der Waals surface area contributed by atoms with Crippen LogP contribution in [0.25, 0.3) is 0 Å².